The third kappa shape index (κ3) is 4.78. The van der Waals surface area contributed by atoms with E-state index in [1.54, 1.807) is 0 Å². The summed E-state index contributed by atoms with van der Waals surface area (Å²) in [5.74, 6) is 0.515. The minimum Gasteiger partial charge on any atom is -0.488 e. The normalized spacial score (nSPS) is 11.9. The first-order valence-electron chi connectivity index (χ1n) is 10.4. The van der Waals surface area contributed by atoms with Gasteiger partial charge < -0.3 is 19.7 Å². The Morgan fingerprint density at radius 2 is 1.65 bits per heavy atom. The SMILES string of the molecule is Cn1c(C(=O)N[C@H](CO)Cc2ccccc2)cc2c(OCc3ccccc3)cccc21. The van der Waals surface area contributed by atoms with Crippen LogP contribution in [0.4, 0.5) is 0 Å². The van der Waals surface area contributed by atoms with Crippen molar-refractivity contribution in [2.24, 2.45) is 7.05 Å². The molecule has 0 aliphatic rings. The molecule has 4 rings (SSSR count). The molecule has 4 aromatic rings. The molecule has 0 radical (unpaired) electrons. The van der Waals surface area contributed by atoms with Crippen molar-refractivity contribution in [3.05, 3.63) is 102 Å². The summed E-state index contributed by atoms with van der Waals surface area (Å²) < 4.78 is 7.91. The molecular weight excluding hydrogens is 388 g/mol. The fourth-order valence-corrected chi connectivity index (χ4v) is 3.73. The van der Waals surface area contributed by atoms with E-state index in [0.29, 0.717) is 18.7 Å². The first kappa shape index (κ1) is 20.7. The van der Waals surface area contributed by atoms with Crippen molar-refractivity contribution in [1.82, 2.24) is 9.88 Å². The van der Waals surface area contributed by atoms with Gasteiger partial charge in [-0.3, -0.25) is 4.79 Å². The third-order valence-electron chi connectivity index (χ3n) is 5.40. The molecule has 0 spiro atoms. The summed E-state index contributed by atoms with van der Waals surface area (Å²) >= 11 is 0. The molecule has 1 amide bonds. The molecule has 0 saturated carbocycles. The molecule has 31 heavy (non-hydrogen) atoms. The van der Waals surface area contributed by atoms with Gasteiger partial charge in [-0.15, -0.1) is 0 Å². The van der Waals surface area contributed by atoms with Gasteiger partial charge in [-0.05, 0) is 35.7 Å². The number of aliphatic hydroxyl groups is 1. The molecule has 5 heteroatoms. The van der Waals surface area contributed by atoms with E-state index in [0.717, 1.165) is 27.8 Å². The number of nitrogens with one attached hydrogen (secondary N) is 1. The van der Waals surface area contributed by atoms with Crippen LogP contribution in [-0.2, 0) is 20.1 Å². The minimum atomic E-state index is -0.360. The van der Waals surface area contributed by atoms with E-state index >= 15 is 0 Å². The minimum absolute atomic E-state index is 0.129. The molecule has 5 nitrogen and oxygen atoms in total. The van der Waals surface area contributed by atoms with Gasteiger partial charge in [0.25, 0.3) is 5.91 Å². The predicted molar refractivity (Wildman–Crippen MR) is 122 cm³/mol. The Bertz CT molecular complexity index is 1150. The Hall–Kier alpha value is -3.57. The summed E-state index contributed by atoms with van der Waals surface area (Å²) in [6.45, 7) is 0.329. The van der Waals surface area contributed by atoms with E-state index < -0.39 is 0 Å². The van der Waals surface area contributed by atoms with E-state index in [4.69, 9.17) is 4.74 Å². The second-order valence-corrected chi connectivity index (χ2v) is 7.59. The van der Waals surface area contributed by atoms with Crippen LogP contribution in [0, 0.1) is 0 Å². The van der Waals surface area contributed by atoms with Crippen LogP contribution < -0.4 is 10.1 Å². The second kappa shape index (κ2) is 9.49. The molecule has 2 N–H and O–H groups in total. The van der Waals surface area contributed by atoms with E-state index in [1.165, 1.54) is 0 Å². The summed E-state index contributed by atoms with van der Waals surface area (Å²) in [6.07, 6.45) is 0.568. The number of benzene rings is 3. The lowest BCUT2D eigenvalue weighted by atomic mass is 10.1. The molecule has 1 atom stereocenters. The number of carbonyl (C=O) groups is 1. The van der Waals surface area contributed by atoms with Gasteiger partial charge in [0.15, 0.2) is 0 Å². The van der Waals surface area contributed by atoms with E-state index in [1.807, 2.05) is 96.5 Å². The zero-order valence-corrected chi connectivity index (χ0v) is 17.5. The average Bonchev–Trinajstić information content (AvgIpc) is 3.16. The van der Waals surface area contributed by atoms with E-state index in [9.17, 15) is 9.90 Å². The molecule has 0 unspecified atom stereocenters. The number of hydrogen-bond donors (Lipinski definition) is 2. The van der Waals surface area contributed by atoms with Crippen LogP contribution in [0.1, 0.15) is 21.6 Å². The summed E-state index contributed by atoms with van der Waals surface area (Å²) in [7, 11) is 1.86. The first-order valence-corrected chi connectivity index (χ1v) is 10.4. The Morgan fingerprint density at radius 1 is 0.968 bits per heavy atom. The fourth-order valence-electron chi connectivity index (χ4n) is 3.73. The smallest absolute Gasteiger partial charge is 0.268 e. The average molecular weight is 415 g/mol. The summed E-state index contributed by atoms with van der Waals surface area (Å²) in [6, 6.07) is 27.1. The van der Waals surface area contributed by atoms with Gasteiger partial charge in [0.1, 0.15) is 18.1 Å². The Balaban J connectivity index is 1.53. The van der Waals surface area contributed by atoms with Crippen LogP contribution in [0.5, 0.6) is 5.75 Å². The number of hydrogen-bond acceptors (Lipinski definition) is 3. The predicted octanol–water partition coefficient (Wildman–Crippen LogP) is 4.09. The van der Waals surface area contributed by atoms with Gasteiger partial charge in [-0.25, -0.2) is 0 Å². The van der Waals surface area contributed by atoms with Gasteiger partial charge in [0.2, 0.25) is 0 Å². The highest BCUT2D eigenvalue weighted by Gasteiger charge is 2.19. The molecule has 3 aromatic carbocycles. The van der Waals surface area contributed by atoms with Crippen molar-refractivity contribution >= 4 is 16.8 Å². The van der Waals surface area contributed by atoms with Crippen molar-refractivity contribution in [1.29, 1.82) is 0 Å². The molecule has 0 bridgehead atoms. The lowest BCUT2D eigenvalue weighted by Crippen LogP contribution is -2.39. The van der Waals surface area contributed by atoms with Gasteiger partial charge in [0, 0.05) is 12.4 Å². The van der Waals surface area contributed by atoms with Crippen LogP contribution in [-0.4, -0.2) is 28.2 Å². The Labute approximate surface area is 181 Å². The van der Waals surface area contributed by atoms with Crippen molar-refractivity contribution in [3.8, 4) is 5.75 Å². The van der Waals surface area contributed by atoms with Crippen molar-refractivity contribution in [2.45, 2.75) is 19.1 Å². The van der Waals surface area contributed by atoms with E-state index in [2.05, 4.69) is 5.32 Å². The maximum Gasteiger partial charge on any atom is 0.268 e. The summed E-state index contributed by atoms with van der Waals surface area (Å²) in [5, 5.41) is 13.6. The lowest BCUT2D eigenvalue weighted by molar-refractivity contribution is 0.0908. The topological polar surface area (TPSA) is 63.5 Å². The van der Waals surface area contributed by atoms with Crippen LogP contribution in [0.25, 0.3) is 10.9 Å². The van der Waals surface area contributed by atoms with Crippen LogP contribution in [0.3, 0.4) is 0 Å². The Morgan fingerprint density at radius 3 is 2.32 bits per heavy atom. The number of carbonyl (C=O) groups excluding carboxylic acids is 1. The fraction of sp³-hybridized carbons (Fsp3) is 0.192. The van der Waals surface area contributed by atoms with Crippen molar-refractivity contribution in [3.63, 3.8) is 0 Å². The molecule has 0 fully saturated rings. The number of aliphatic hydroxyl groups excluding tert-OH is 1. The highest BCUT2D eigenvalue weighted by Crippen LogP contribution is 2.29. The number of fused-ring (bicyclic) bond motifs is 1. The maximum absolute atomic E-state index is 13.0. The highest BCUT2D eigenvalue weighted by atomic mass is 16.5. The highest BCUT2D eigenvalue weighted by molar-refractivity contribution is 6.00. The van der Waals surface area contributed by atoms with Crippen LogP contribution in [0.2, 0.25) is 0 Å². The van der Waals surface area contributed by atoms with Crippen LogP contribution in [0.15, 0.2) is 84.9 Å². The van der Waals surface area contributed by atoms with Crippen molar-refractivity contribution < 1.29 is 14.6 Å². The zero-order chi connectivity index (χ0) is 21.6. The Kier molecular flexibility index (Phi) is 6.34. The van der Waals surface area contributed by atoms with Crippen molar-refractivity contribution in [2.75, 3.05) is 6.61 Å². The number of rotatable bonds is 8. The molecular formula is C26H26N2O3. The lowest BCUT2D eigenvalue weighted by Gasteiger charge is -2.16. The molecule has 0 saturated heterocycles. The standard InChI is InChI=1S/C26H26N2O3/c1-28-23-13-8-14-25(31-18-20-11-6-3-7-12-20)22(23)16-24(28)26(30)27-21(17-29)15-19-9-4-2-5-10-19/h2-14,16,21,29H,15,17-18H2,1H3,(H,27,30)/t21-/m0/s1. The van der Waals surface area contributed by atoms with Gasteiger partial charge in [0.05, 0.1) is 18.2 Å². The molecule has 0 aliphatic heterocycles. The number of aryl methyl sites for hydroxylation is 1. The number of aromatic nitrogens is 1. The molecule has 0 aliphatic carbocycles. The number of amides is 1. The zero-order valence-electron chi connectivity index (χ0n) is 17.5. The van der Waals surface area contributed by atoms with Gasteiger partial charge in [-0.2, -0.15) is 0 Å². The molecule has 1 heterocycles. The monoisotopic (exact) mass is 414 g/mol. The first-order chi connectivity index (χ1) is 15.2. The van der Waals surface area contributed by atoms with Gasteiger partial charge in [-0.1, -0.05) is 66.7 Å². The maximum atomic E-state index is 13.0. The second-order valence-electron chi connectivity index (χ2n) is 7.59. The van der Waals surface area contributed by atoms with E-state index in [-0.39, 0.29) is 18.6 Å². The molecule has 1 aromatic heterocycles. The van der Waals surface area contributed by atoms with Crippen LogP contribution >= 0.6 is 0 Å². The summed E-state index contributed by atoms with van der Waals surface area (Å²) in [4.78, 5) is 13.0. The number of nitrogens with zero attached hydrogens (tertiary/aromatic N) is 1. The number of ether oxygens (including phenoxy) is 1. The van der Waals surface area contributed by atoms with Gasteiger partial charge >= 0.3 is 0 Å². The largest absolute Gasteiger partial charge is 0.488 e. The third-order valence-corrected chi connectivity index (χ3v) is 5.40. The molecule has 158 valence electrons. The quantitative estimate of drug-likeness (QED) is 0.456. The summed E-state index contributed by atoms with van der Waals surface area (Å²) in [5.41, 5.74) is 3.59.